The van der Waals surface area contributed by atoms with Crippen LogP contribution < -0.4 is 11.1 Å². The van der Waals surface area contributed by atoms with Crippen molar-refractivity contribution in [3.05, 3.63) is 43.4 Å². The van der Waals surface area contributed by atoms with Gasteiger partial charge in [-0.3, -0.25) is 19.0 Å². The molecule has 110 valence electrons. The molecule has 1 aromatic carbocycles. The summed E-state index contributed by atoms with van der Waals surface area (Å²) in [6.07, 6.45) is 0.419. The van der Waals surface area contributed by atoms with E-state index in [-0.39, 0.29) is 12.3 Å². The fourth-order valence-corrected chi connectivity index (χ4v) is 3.34. The van der Waals surface area contributed by atoms with Gasteiger partial charge in [-0.05, 0) is 30.0 Å². The van der Waals surface area contributed by atoms with E-state index in [0.29, 0.717) is 22.5 Å². The maximum atomic E-state index is 12.2. The van der Waals surface area contributed by atoms with Crippen molar-refractivity contribution < 1.29 is 9.90 Å². The first kappa shape index (κ1) is 13.9. The summed E-state index contributed by atoms with van der Waals surface area (Å²) in [7, 11) is 0. The first-order valence-corrected chi connectivity index (χ1v) is 6.95. The third kappa shape index (κ3) is 2.15. The molecule has 0 radical (unpaired) electrons. The summed E-state index contributed by atoms with van der Waals surface area (Å²) in [4.78, 5) is 37.6. The quantitative estimate of drug-likeness (QED) is 0.823. The number of rotatable bonds is 2. The normalized spacial score (nSPS) is 20.7. The van der Waals surface area contributed by atoms with Crippen molar-refractivity contribution >= 4 is 28.6 Å². The number of hydrogen-bond donors (Lipinski definition) is 2. The molecule has 0 spiro atoms. The van der Waals surface area contributed by atoms with Crippen LogP contribution in [0, 0.1) is 5.92 Å². The molecule has 0 saturated carbocycles. The number of halogens is 1. The summed E-state index contributed by atoms with van der Waals surface area (Å²) >= 11 is 6.04. The molecule has 3 rings (SSSR count). The molecule has 2 aromatic rings. The fraction of sp³-hybridized carbons (Fsp3) is 0.357. The number of carboxylic acids is 1. The Morgan fingerprint density at radius 1 is 1.48 bits per heavy atom. The van der Waals surface area contributed by atoms with Crippen LogP contribution >= 0.6 is 11.6 Å². The number of nitrogens with one attached hydrogen (secondary N) is 1. The largest absolute Gasteiger partial charge is 0.481 e. The standard InChI is InChI=1S/C14H13ClN2O4/c1-6-2-7-3-8(15)4-9-12(7)17(10(6)5-11(18)19)14(21)13(20)16-9/h3-4,6,10H,2,5H2,1H3,(H,16,20)(H,18,19)/t6-,10+/m0/s1. The van der Waals surface area contributed by atoms with Gasteiger partial charge in [-0.1, -0.05) is 18.5 Å². The van der Waals surface area contributed by atoms with E-state index in [0.717, 1.165) is 5.56 Å². The molecule has 0 saturated heterocycles. The zero-order valence-electron chi connectivity index (χ0n) is 11.2. The fourth-order valence-electron chi connectivity index (χ4n) is 3.10. The predicted molar refractivity (Wildman–Crippen MR) is 78.0 cm³/mol. The summed E-state index contributed by atoms with van der Waals surface area (Å²) < 4.78 is 1.32. The molecular formula is C14H13ClN2O4. The van der Waals surface area contributed by atoms with Crippen LogP contribution in [0.3, 0.4) is 0 Å². The molecule has 0 unspecified atom stereocenters. The lowest BCUT2D eigenvalue weighted by atomic mass is 9.87. The SMILES string of the molecule is C[C@H]1Cc2cc(Cl)cc3[nH]c(=O)c(=O)n(c23)[C@@H]1CC(=O)O. The van der Waals surface area contributed by atoms with Gasteiger partial charge < -0.3 is 10.1 Å². The zero-order chi connectivity index (χ0) is 15.3. The first-order valence-electron chi connectivity index (χ1n) is 6.57. The molecule has 0 bridgehead atoms. The molecular weight excluding hydrogens is 296 g/mol. The average Bonchev–Trinajstić information content (AvgIpc) is 2.37. The van der Waals surface area contributed by atoms with Gasteiger partial charge in [0, 0.05) is 5.02 Å². The number of nitrogens with zero attached hydrogens (tertiary/aromatic N) is 1. The zero-order valence-corrected chi connectivity index (χ0v) is 12.0. The van der Waals surface area contributed by atoms with Crippen LogP contribution in [-0.4, -0.2) is 20.6 Å². The smallest absolute Gasteiger partial charge is 0.317 e. The van der Waals surface area contributed by atoms with Gasteiger partial charge in [-0.25, -0.2) is 0 Å². The Kier molecular flexibility index (Phi) is 3.13. The molecule has 2 atom stereocenters. The lowest BCUT2D eigenvalue weighted by Crippen LogP contribution is -2.43. The molecule has 1 aromatic heterocycles. The third-order valence-corrected chi connectivity index (χ3v) is 4.19. The van der Waals surface area contributed by atoms with E-state index in [4.69, 9.17) is 16.7 Å². The molecule has 2 heterocycles. The van der Waals surface area contributed by atoms with E-state index in [1.165, 1.54) is 4.57 Å². The molecule has 0 amide bonds. The number of aromatic nitrogens is 2. The Balaban J connectivity index is 2.42. The van der Waals surface area contributed by atoms with E-state index >= 15 is 0 Å². The minimum absolute atomic E-state index is 0.0743. The number of carbonyl (C=O) groups is 1. The van der Waals surface area contributed by atoms with Crippen LogP contribution in [0.1, 0.15) is 24.9 Å². The molecule has 0 aliphatic carbocycles. The second kappa shape index (κ2) is 4.73. The summed E-state index contributed by atoms with van der Waals surface area (Å²) in [6, 6.07) is 2.80. The molecule has 0 fully saturated rings. The van der Waals surface area contributed by atoms with Gasteiger partial charge >= 0.3 is 17.1 Å². The van der Waals surface area contributed by atoms with Crippen LogP contribution in [0.4, 0.5) is 0 Å². The molecule has 7 heteroatoms. The lowest BCUT2D eigenvalue weighted by molar-refractivity contribution is -0.138. The average molecular weight is 309 g/mol. The Bertz CT molecular complexity index is 868. The molecule has 6 nitrogen and oxygen atoms in total. The van der Waals surface area contributed by atoms with Gasteiger partial charge in [0.25, 0.3) is 0 Å². The Labute approximate surface area is 124 Å². The predicted octanol–water partition coefficient (Wildman–Crippen LogP) is 1.55. The van der Waals surface area contributed by atoms with Gasteiger partial charge in [-0.15, -0.1) is 0 Å². The van der Waals surface area contributed by atoms with Crippen molar-refractivity contribution in [1.29, 1.82) is 0 Å². The lowest BCUT2D eigenvalue weighted by Gasteiger charge is -2.32. The molecule has 2 N–H and O–H groups in total. The molecule has 1 aliphatic rings. The number of benzene rings is 1. The van der Waals surface area contributed by atoms with Crippen molar-refractivity contribution in [3.8, 4) is 0 Å². The highest BCUT2D eigenvalue weighted by Crippen LogP contribution is 2.35. The summed E-state index contributed by atoms with van der Waals surface area (Å²) in [5.74, 6) is -1.07. The number of aliphatic carboxylic acids is 1. The van der Waals surface area contributed by atoms with Crippen molar-refractivity contribution in [2.24, 2.45) is 5.92 Å². The van der Waals surface area contributed by atoms with E-state index in [9.17, 15) is 14.4 Å². The third-order valence-electron chi connectivity index (χ3n) is 3.97. The number of hydrogen-bond acceptors (Lipinski definition) is 3. The number of H-pyrrole nitrogens is 1. The van der Waals surface area contributed by atoms with Crippen LogP contribution in [0.2, 0.25) is 5.02 Å². The van der Waals surface area contributed by atoms with E-state index in [1.54, 1.807) is 12.1 Å². The minimum atomic E-state index is -0.996. The van der Waals surface area contributed by atoms with E-state index in [2.05, 4.69) is 4.98 Å². The summed E-state index contributed by atoms with van der Waals surface area (Å²) in [6.45, 7) is 1.87. The number of aromatic amines is 1. The minimum Gasteiger partial charge on any atom is -0.481 e. The maximum absolute atomic E-state index is 12.2. The van der Waals surface area contributed by atoms with Crippen molar-refractivity contribution in [3.63, 3.8) is 0 Å². The van der Waals surface area contributed by atoms with Crippen LogP contribution in [0.25, 0.3) is 11.0 Å². The monoisotopic (exact) mass is 308 g/mol. The van der Waals surface area contributed by atoms with Gasteiger partial charge in [0.1, 0.15) is 0 Å². The first-order chi connectivity index (χ1) is 9.88. The van der Waals surface area contributed by atoms with E-state index < -0.39 is 23.1 Å². The van der Waals surface area contributed by atoms with Crippen molar-refractivity contribution in [2.45, 2.75) is 25.8 Å². The Morgan fingerprint density at radius 2 is 2.19 bits per heavy atom. The Hall–Kier alpha value is -2.08. The van der Waals surface area contributed by atoms with Gasteiger partial charge in [0.15, 0.2) is 0 Å². The highest BCUT2D eigenvalue weighted by molar-refractivity contribution is 6.31. The van der Waals surface area contributed by atoms with Gasteiger partial charge in [-0.2, -0.15) is 0 Å². The van der Waals surface area contributed by atoms with Crippen LogP contribution in [-0.2, 0) is 11.2 Å². The second-order valence-corrected chi connectivity index (χ2v) is 5.87. The molecule has 1 aliphatic heterocycles. The highest BCUT2D eigenvalue weighted by atomic mass is 35.5. The summed E-state index contributed by atoms with van der Waals surface area (Å²) in [5, 5.41) is 9.54. The highest BCUT2D eigenvalue weighted by Gasteiger charge is 2.31. The van der Waals surface area contributed by atoms with Gasteiger partial charge in [0.2, 0.25) is 0 Å². The second-order valence-electron chi connectivity index (χ2n) is 5.44. The van der Waals surface area contributed by atoms with Crippen molar-refractivity contribution in [1.82, 2.24) is 9.55 Å². The number of carboxylic acid groups (broad SMARTS) is 1. The maximum Gasteiger partial charge on any atom is 0.317 e. The van der Waals surface area contributed by atoms with Crippen LogP contribution in [0.5, 0.6) is 0 Å². The summed E-state index contributed by atoms with van der Waals surface area (Å²) in [5.41, 5.74) is 0.404. The Morgan fingerprint density at radius 3 is 2.86 bits per heavy atom. The van der Waals surface area contributed by atoms with Crippen LogP contribution in [0.15, 0.2) is 21.7 Å². The van der Waals surface area contributed by atoms with Gasteiger partial charge in [0.05, 0.1) is 23.5 Å². The van der Waals surface area contributed by atoms with E-state index in [1.807, 2.05) is 6.92 Å². The molecule has 21 heavy (non-hydrogen) atoms. The van der Waals surface area contributed by atoms with Crippen molar-refractivity contribution in [2.75, 3.05) is 0 Å². The topological polar surface area (TPSA) is 92.2 Å².